The topological polar surface area (TPSA) is 55.2 Å². The van der Waals surface area contributed by atoms with Gasteiger partial charge in [0.25, 0.3) is 11.7 Å². The fraction of sp³-hybridized carbons (Fsp3) is 0.312. The lowest BCUT2D eigenvalue weighted by Gasteiger charge is -2.19. The number of rotatable bonds is 3. The van der Waals surface area contributed by atoms with E-state index in [1.807, 2.05) is 25.4 Å². The SMILES string of the molecule is Cc1cccc2c1N(Cc1cncn1C1CC1)C(=O)C2=O. The van der Waals surface area contributed by atoms with E-state index in [9.17, 15) is 9.59 Å². The summed E-state index contributed by atoms with van der Waals surface area (Å²) in [6.07, 6.45) is 5.91. The largest absolute Gasteiger partial charge is 0.330 e. The second-order valence-corrected chi connectivity index (χ2v) is 5.71. The lowest BCUT2D eigenvalue weighted by atomic mass is 10.1. The predicted octanol–water partition coefficient (Wildman–Crippen LogP) is 2.26. The molecule has 2 aliphatic rings. The molecule has 0 bridgehead atoms. The van der Waals surface area contributed by atoms with Crippen molar-refractivity contribution in [2.24, 2.45) is 0 Å². The van der Waals surface area contributed by atoms with Crippen molar-refractivity contribution in [2.45, 2.75) is 32.4 Å². The Kier molecular flexibility index (Phi) is 2.51. The second kappa shape index (κ2) is 4.28. The standard InChI is InChI=1S/C16H15N3O2/c1-10-3-2-4-13-14(10)18(16(21)15(13)20)8-12-7-17-9-19(12)11-5-6-11/h2-4,7,9,11H,5-6,8H2,1H3. The number of ketones is 1. The van der Waals surface area contributed by atoms with Crippen molar-refractivity contribution in [2.75, 3.05) is 4.90 Å². The molecule has 1 fully saturated rings. The molecule has 5 nitrogen and oxygen atoms in total. The zero-order valence-corrected chi connectivity index (χ0v) is 11.7. The molecule has 1 saturated carbocycles. The molecule has 2 aromatic rings. The van der Waals surface area contributed by atoms with Crippen LogP contribution in [0.4, 0.5) is 5.69 Å². The smallest absolute Gasteiger partial charge is 0.299 e. The maximum absolute atomic E-state index is 12.3. The third-order valence-corrected chi connectivity index (χ3v) is 4.20. The molecule has 1 aromatic carbocycles. The highest BCUT2D eigenvalue weighted by Gasteiger charge is 2.37. The Labute approximate surface area is 122 Å². The summed E-state index contributed by atoms with van der Waals surface area (Å²) in [5, 5.41) is 0. The Morgan fingerprint density at radius 2 is 2.10 bits per heavy atom. The van der Waals surface area contributed by atoms with Crippen molar-refractivity contribution in [1.29, 1.82) is 0 Å². The number of anilines is 1. The van der Waals surface area contributed by atoms with E-state index >= 15 is 0 Å². The van der Waals surface area contributed by atoms with Crippen LogP contribution >= 0.6 is 0 Å². The van der Waals surface area contributed by atoms with Gasteiger partial charge in [0.2, 0.25) is 0 Å². The van der Waals surface area contributed by atoms with Crippen LogP contribution in [-0.4, -0.2) is 21.2 Å². The summed E-state index contributed by atoms with van der Waals surface area (Å²) in [7, 11) is 0. The van der Waals surface area contributed by atoms with Crippen molar-refractivity contribution in [3.63, 3.8) is 0 Å². The van der Waals surface area contributed by atoms with Crippen LogP contribution < -0.4 is 4.90 Å². The van der Waals surface area contributed by atoms with Crippen molar-refractivity contribution < 1.29 is 9.59 Å². The van der Waals surface area contributed by atoms with Crippen molar-refractivity contribution in [3.05, 3.63) is 47.5 Å². The molecule has 0 radical (unpaired) electrons. The number of carbonyl (C=O) groups excluding carboxylic acids is 2. The highest BCUT2D eigenvalue weighted by atomic mass is 16.2. The minimum absolute atomic E-state index is 0.402. The molecule has 0 N–H and O–H groups in total. The Balaban J connectivity index is 1.74. The molecule has 1 aliphatic carbocycles. The van der Waals surface area contributed by atoms with Crippen molar-refractivity contribution in [3.8, 4) is 0 Å². The first-order valence-electron chi connectivity index (χ1n) is 7.13. The molecule has 0 saturated heterocycles. The number of Topliss-reactive ketones (excluding diaryl/α,β-unsaturated/α-hetero) is 1. The summed E-state index contributed by atoms with van der Waals surface area (Å²) in [5.41, 5.74) is 3.19. The van der Waals surface area contributed by atoms with Gasteiger partial charge < -0.3 is 4.57 Å². The number of carbonyl (C=O) groups is 2. The quantitative estimate of drug-likeness (QED) is 0.811. The molecular weight excluding hydrogens is 266 g/mol. The van der Waals surface area contributed by atoms with Gasteiger partial charge in [-0.2, -0.15) is 0 Å². The Morgan fingerprint density at radius 3 is 2.86 bits per heavy atom. The van der Waals surface area contributed by atoms with E-state index < -0.39 is 11.7 Å². The first kappa shape index (κ1) is 12.3. The van der Waals surface area contributed by atoms with Gasteiger partial charge in [0.1, 0.15) is 0 Å². The number of aryl methyl sites for hydroxylation is 1. The van der Waals surface area contributed by atoms with E-state index in [1.54, 1.807) is 17.2 Å². The molecule has 0 atom stereocenters. The number of imidazole rings is 1. The molecule has 21 heavy (non-hydrogen) atoms. The molecule has 0 unspecified atom stereocenters. The third kappa shape index (κ3) is 1.81. The fourth-order valence-corrected chi connectivity index (χ4v) is 2.99. The van der Waals surface area contributed by atoms with Crippen molar-refractivity contribution >= 4 is 17.4 Å². The van der Waals surface area contributed by atoms with Crippen LogP contribution in [0.5, 0.6) is 0 Å². The maximum Gasteiger partial charge on any atom is 0.299 e. The van der Waals surface area contributed by atoms with Crippen molar-refractivity contribution in [1.82, 2.24) is 9.55 Å². The average molecular weight is 281 g/mol. The number of fused-ring (bicyclic) bond motifs is 1. The minimum Gasteiger partial charge on any atom is -0.330 e. The van der Waals surface area contributed by atoms with E-state index in [4.69, 9.17) is 0 Å². The Morgan fingerprint density at radius 1 is 1.29 bits per heavy atom. The number of benzene rings is 1. The van der Waals surface area contributed by atoms with E-state index in [-0.39, 0.29) is 0 Å². The van der Waals surface area contributed by atoms with Crippen LogP contribution in [0.25, 0.3) is 0 Å². The summed E-state index contributed by atoms with van der Waals surface area (Å²) in [6, 6.07) is 5.97. The normalized spacial score (nSPS) is 17.5. The molecule has 4 rings (SSSR count). The van der Waals surface area contributed by atoms with Crippen LogP contribution in [0.1, 0.15) is 40.5 Å². The zero-order chi connectivity index (χ0) is 14.6. The number of para-hydroxylation sites is 1. The van der Waals surface area contributed by atoms with Gasteiger partial charge >= 0.3 is 0 Å². The highest BCUT2D eigenvalue weighted by Crippen LogP contribution is 2.37. The summed E-state index contributed by atoms with van der Waals surface area (Å²) < 4.78 is 2.12. The van der Waals surface area contributed by atoms with Gasteiger partial charge in [-0.3, -0.25) is 14.5 Å². The lowest BCUT2D eigenvalue weighted by Crippen LogP contribution is -2.30. The monoisotopic (exact) mass is 281 g/mol. The summed E-state index contributed by atoms with van der Waals surface area (Å²) in [5.74, 6) is -0.853. The summed E-state index contributed by atoms with van der Waals surface area (Å²) in [6.45, 7) is 2.33. The predicted molar refractivity (Wildman–Crippen MR) is 77.2 cm³/mol. The van der Waals surface area contributed by atoms with Gasteiger partial charge in [0.05, 0.1) is 29.8 Å². The highest BCUT2D eigenvalue weighted by molar-refractivity contribution is 6.52. The Bertz CT molecular complexity index is 759. The van der Waals surface area contributed by atoms with Gasteiger partial charge in [-0.05, 0) is 31.4 Å². The van der Waals surface area contributed by atoms with E-state index in [1.165, 1.54) is 0 Å². The van der Waals surface area contributed by atoms with Gasteiger partial charge in [-0.15, -0.1) is 0 Å². The van der Waals surface area contributed by atoms with E-state index in [0.717, 1.165) is 29.8 Å². The van der Waals surface area contributed by atoms with Crippen LogP contribution in [0.15, 0.2) is 30.7 Å². The van der Waals surface area contributed by atoms with Crippen LogP contribution in [0.2, 0.25) is 0 Å². The fourth-order valence-electron chi connectivity index (χ4n) is 2.99. The molecule has 5 heteroatoms. The molecule has 1 aliphatic heterocycles. The molecule has 1 amide bonds. The first-order valence-corrected chi connectivity index (χ1v) is 7.13. The number of hydrogen-bond donors (Lipinski definition) is 0. The third-order valence-electron chi connectivity index (χ3n) is 4.20. The Hall–Kier alpha value is -2.43. The number of hydrogen-bond acceptors (Lipinski definition) is 3. The van der Waals surface area contributed by atoms with Crippen LogP contribution in [-0.2, 0) is 11.3 Å². The zero-order valence-electron chi connectivity index (χ0n) is 11.7. The van der Waals surface area contributed by atoms with E-state index in [0.29, 0.717) is 18.2 Å². The number of nitrogens with zero attached hydrogens (tertiary/aromatic N) is 3. The summed E-state index contributed by atoms with van der Waals surface area (Å²) in [4.78, 5) is 30.2. The lowest BCUT2D eigenvalue weighted by molar-refractivity contribution is -0.114. The molecule has 106 valence electrons. The first-order chi connectivity index (χ1) is 10.2. The van der Waals surface area contributed by atoms with E-state index in [2.05, 4.69) is 9.55 Å². The van der Waals surface area contributed by atoms with Gasteiger partial charge in [-0.1, -0.05) is 12.1 Å². The van der Waals surface area contributed by atoms with Gasteiger partial charge in [0.15, 0.2) is 0 Å². The molecular formula is C16H15N3O2. The number of amides is 1. The van der Waals surface area contributed by atoms with Crippen LogP contribution in [0, 0.1) is 6.92 Å². The molecule has 2 heterocycles. The van der Waals surface area contributed by atoms with Gasteiger partial charge in [-0.25, -0.2) is 4.98 Å². The average Bonchev–Trinajstić information content (AvgIpc) is 3.17. The van der Waals surface area contributed by atoms with Gasteiger partial charge in [0, 0.05) is 12.2 Å². The second-order valence-electron chi connectivity index (χ2n) is 5.71. The maximum atomic E-state index is 12.3. The molecule has 0 spiro atoms. The van der Waals surface area contributed by atoms with Crippen LogP contribution in [0.3, 0.4) is 0 Å². The summed E-state index contributed by atoms with van der Waals surface area (Å²) >= 11 is 0. The molecule has 1 aromatic heterocycles. The minimum atomic E-state index is -0.442. The number of aromatic nitrogens is 2.